The number of thioether (sulfide) groups is 1. The van der Waals surface area contributed by atoms with Gasteiger partial charge in [-0.3, -0.25) is 23.6 Å². The quantitative estimate of drug-likeness (QED) is 0.150. The summed E-state index contributed by atoms with van der Waals surface area (Å²) >= 11 is 1.24. The molecule has 1 aliphatic heterocycles. The lowest BCUT2D eigenvalue weighted by atomic mass is 10.1. The molecule has 0 spiro atoms. The number of anilines is 2. The first kappa shape index (κ1) is 32.1. The number of benzene rings is 1. The number of likely N-dealkylation sites (tertiary alicyclic amines) is 1. The standard InChI is InChI=1S/C31H33N9O5S/c1-18(46-17-21(32)31(45)36-16-25(42)43)15-24(41)39-13-4-5-22(39)29-38-26(27-28(33)35-12-14-40(27)29)19-7-9-20(10-8-19)30(44)37-23-6-2-3-11-34-23/h2-3,6-12,14-15,21-22H,4-5,13,16-17,32H2,1H3,(H2,33,35)(H,36,45)(H,42,43)(H,34,37,44)/b18-15+/t21-,22-/m0/s1. The number of amides is 3. The molecule has 5 rings (SSSR count). The lowest BCUT2D eigenvalue weighted by Crippen LogP contribution is -2.44. The van der Waals surface area contributed by atoms with Crippen molar-refractivity contribution in [2.24, 2.45) is 5.73 Å². The largest absolute Gasteiger partial charge is 0.480 e. The molecule has 7 N–H and O–H groups in total. The Balaban J connectivity index is 1.34. The summed E-state index contributed by atoms with van der Waals surface area (Å²) in [6, 6.07) is 11.0. The fraction of sp³-hybridized carbons (Fsp3) is 0.258. The van der Waals surface area contributed by atoms with Crippen LogP contribution in [0.15, 0.2) is 72.0 Å². The molecule has 0 unspecified atom stereocenters. The molecule has 1 saturated heterocycles. The topological polar surface area (TPSA) is 211 Å². The molecule has 0 saturated carbocycles. The van der Waals surface area contributed by atoms with Crippen molar-refractivity contribution in [1.29, 1.82) is 0 Å². The Hall–Kier alpha value is -5.28. The number of nitrogens with two attached hydrogens (primary N) is 2. The molecule has 3 amide bonds. The number of allylic oxidation sites excluding steroid dienone is 1. The molecule has 15 heteroatoms. The third-order valence-electron chi connectivity index (χ3n) is 7.34. The summed E-state index contributed by atoms with van der Waals surface area (Å²) in [4.78, 5) is 64.7. The molecule has 1 aromatic carbocycles. The van der Waals surface area contributed by atoms with Crippen molar-refractivity contribution < 1.29 is 24.3 Å². The van der Waals surface area contributed by atoms with Crippen LogP contribution in [0.3, 0.4) is 0 Å². The Bertz CT molecular complexity index is 1790. The summed E-state index contributed by atoms with van der Waals surface area (Å²) in [6.07, 6.45) is 7.91. The lowest BCUT2D eigenvalue weighted by Gasteiger charge is -2.23. The molecule has 14 nitrogen and oxygen atoms in total. The Kier molecular flexibility index (Phi) is 9.93. The summed E-state index contributed by atoms with van der Waals surface area (Å²) in [5, 5.41) is 13.7. The fourth-order valence-electron chi connectivity index (χ4n) is 5.12. The van der Waals surface area contributed by atoms with Crippen LogP contribution in [0.1, 0.15) is 42.0 Å². The number of carbonyl (C=O) groups is 4. The molecule has 4 aromatic rings. The van der Waals surface area contributed by atoms with Crippen LogP contribution in [0.4, 0.5) is 11.6 Å². The zero-order chi connectivity index (χ0) is 32.8. The van der Waals surface area contributed by atoms with Gasteiger partial charge in [0.25, 0.3) is 5.91 Å². The van der Waals surface area contributed by atoms with Gasteiger partial charge >= 0.3 is 5.97 Å². The normalized spacial score (nSPS) is 15.5. The smallest absolute Gasteiger partial charge is 0.322 e. The first-order valence-corrected chi connectivity index (χ1v) is 15.4. The first-order valence-electron chi connectivity index (χ1n) is 14.4. The van der Waals surface area contributed by atoms with Crippen LogP contribution in [0, 0.1) is 0 Å². The van der Waals surface area contributed by atoms with Crippen LogP contribution in [0.25, 0.3) is 16.8 Å². The summed E-state index contributed by atoms with van der Waals surface area (Å²) < 4.78 is 1.86. The van der Waals surface area contributed by atoms with Crippen LogP contribution in [-0.4, -0.2) is 77.9 Å². The van der Waals surface area contributed by atoms with Crippen molar-refractivity contribution in [3.05, 3.63) is 83.4 Å². The van der Waals surface area contributed by atoms with E-state index in [2.05, 4.69) is 20.6 Å². The van der Waals surface area contributed by atoms with Crippen LogP contribution in [-0.2, 0) is 14.4 Å². The van der Waals surface area contributed by atoms with Crippen LogP contribution in [0.5, 0.6) is 0 Å². The summed E-state index contributed by atoms with van der Waals surface area (Å²) in [6.45, 7) is 1.77. The minimum atomic E-state index is -1.16. The highest BCUT2D eigenvalue weighted by Gasteiger charge is 2.33. The molecule has 3 aromatic heterocycles. The minimum Gasteiger partial charge on any atom is -0.480 e. The van der Waals surface area contributed by atoms with E-state index in [4.69, 9.17) is 21.6 Å². The molecule has 238 valence electrons. The number of hydrogen-bond donors (Lipinski definition) is 5. The van der Waals surface area contributed by atoms with Gasteiger partial charge in [-0.05, 0) is 48.9 Å². The van der Waals surface area contributed by atoms with Crippen LogP contribution >= 0.6 is 11.8 Å². The van der Waals surface area contributed by atoms with Crippen molar-refractivity contribution in [2.45, 2.75) is 31.8 Å². The number of aliphatic carboxylic acids is 1. The van der Waals surface area contributed by atoms with Gasteiger partial charge in [0, 0.05) is 48.1 Å². The number of pyridine rings is 1. The number of carbonyl (C=O) groups excluding carboxylic acids is 3. The van der Waals surface area contributed by atoms with Crippen molar-refractivity contribution in [3.63, 3.8) is 0 Å². The maximum Gasteiger partial charge on any atom is 0.322 e. The number of nitrogens with one attached hydrogen (secondary N) is 2. The second-order valence-corrected chi connectivity index (χ2v) is 11.8. The predicted molar refractivity (Wildman–Crippen MR) is 174 cm³/mol. The van der Waals surface area contributed by atoms with Crippen LogP contribution < -0.4 is 22.1 Å². The SMILES string of the molecule is C/C(=C\C(=O)N1CCC[C@H]1c1nc(-c2ccc(C(=O)Nc3ccccn3)cc2)c2c(N)nccn12)SC[C@H](N)C(=O)NCC(=O)O. The van der Waals surface area contributed by atoms with E-state index in [0.717, 1.165) is 12.0 Å². The Morgan fingerprint density at radius 1 is 1.13 bits per heavy atom. The van der Waals surface area contributed by atoms with E-state index < -0.39 is 24.5 Å². The summed E-state index contributed by atoms with van der Waals surface area (Å²) in [5.74, 6) is -0.708. The second kappa shape index (κ2) is 14.2. The maximum absolute atomic E-state index is 13.5. The molecular formula is C31H33N9O5S. The van der Waals surface area contributed by atoms with E-state index in [1.165, 1.54) is 17.8 Å². The van der Waals surface area contributed by atoms with E-state index in [1.807, 2.05) is 4.40 Å². The predicted octanol–water partition coefficient (Wildman–Crippen LogP) is 2.45. The average molecular weight is 644 g/mol. The van der Waals surface area contributed by atoms with Crippen molar-refractivity contribution in [1.82, 2.24) is 29.6 Å². The zero-order valence-electron chi connectivity index (χ0n) is 24.9. The van der Waals surface area contributed by atoms with Crippen LogP contribution in [0.2, 0.25) is 0 Å². The molecule has 0 bridgehead atoms. The third kappa shape index (κ3) is 7.33. The van der Waals surface area contributed by atoms with Gasteiger partial charge in [0.05, 0.1) is 12.1 Å². The molecule has 0 aliphatic carbocycles. The zero-order valence-corrected chi connectivity index (χ0v) is 25.7. The number of aromatic nitrogens is 4. The van der Waals surface area contributed by atoms with E-state index in [0.29, 0.717) is 46.3 Å². The number of carboxylic acids is 1. The van der Waals surface area contributed by atoms with Gasteiger partial charge in [0.15, 0.2) is 0 Å². The van der Waals surface area contributed by atoms with E-state index in [1.54, 1.807) is 72.9 Å². The van der Waals surface area contributed by atoms with Gasteiger partial charge in [-0.25, -0.2) is 15.0 Å². The highest BCUT2D eigenvalue weighted by Crippen LogP contribution is 2.37. The average Bonchev–Trinajstić information content (AvgIpc) is 3.69. The Labute approximate surface area is 268 Å². The monoisotopic (exact) mass is 643 g/mol. The number of hydrogen-bond acceptors (Lipinski definition) is 10. The van der Waals surface area contributed by atoms with Crippen molar-refractivity contribution in [2.75, 3.05) is 29.9 Å². The van der Waals surface area contributed by atoms with Gasteiger partial charge < -0.3 is 32.1 Å². The minimum absolute atomic E-state index is 0.175. The third-order valence-corrected chi connectivity index (χ3v) is 8.44. The number of nitrogen functional groups attached to an aromatic ring is 1. The molecule has 1 fully saturated rings. The molecule has 0 radical (unpaired) electrons. The lowest BCUT2D eigenvalue weighted by molar-refractivity contribution is -0.138. The van der Waals surface area contributed by atoms with E-state index in [-0.39, 0.29) is 29.4 Å². The molecule has 2 atom stereocenters. The van der Waals surface area contributed by atoms with Gasteiger partial charge in [0.1, 0.15) is 35.2 Å². The Morgan fingerprint density at radius 2 is 1.91 bits per heavy atom. The molecular weight excluding hydrogens is 610 g/mol. The van der Waals surface area contributed by atoms with Gasteiger partial charge in [-0.15, -0.1) is 11.8 Å². The van der Waals surface area contributed by atoms with E-state index in [9.17, 15) is 19.2 Å². The number of imidazole rings is 1. The van der Waals surface area contributed by atoms with Gasteiger partial charge in [0.2, 0.25) is 11.8 Å². The number of rotatable bonds is 11. The first-order chi connectivity index (χ1) is 22.1. The van der Waals surface area contributed by atoms with Crippen molar-refractivity contribution >= 4 is 52.6 Å². The number of fused-ring (bicyclic) bond motifs is 1. The maximum atomic E-state index is 13.5. The Morgan fingerprint density at radius 3 is 2.63 bits per heavy atom. The highest BCUT2D eigenvalue weighted by atomic mass is 32.2. The van der Waals surface area contributed by atoms with Gasteiger partial charge in [-0.2, -0.15) is 0 Å². The highest BCUT2D eigenvalue weighted by molar-refractivity contribution is 8.03. The van der Waals surface area contributed by atoms with Crippen molar-refractivity contribution in [3.8, 4) is 11.3 Å². The second-order valence-electron chi connectivity index (χ2n) is 10.6. The summed E-state index contributed by atoms with van der Waals surface area (Å²) in [7, 11) is 0. The molecule has 46 heavy (non-hydrogen) atoms. The summed E-state index contributed by atoms with van der Waals surface area (Å²) in [5.41, 5.74) is 14.6. The van der Waals surface area contributed by atoms with E-state index >= 15 is 0 Å². The number of nitrogens with zero attached hydrogens (tertiary/aromatic N) is 5. The fourth-order valence-corrected chi connectivity index (χ4v) is 5.89. The molecule has 4 heterocycles. The molecule has 1 aliphatic rings. The van der Waals surface area contributed by atoms with Gasteiger partial charge in [-0.1, -0.05) is 18.2 Å². The number of carboxylic acid groups (broad SMARTS) is 1.